The van der Waals surface area contributed by atoms with Crippen molar-refractivity contribution >= 4 is 11.6 Å². The van der Waals surface area contributed by atoms with E-state index in [2.05, 4.69) is 15.2 Å². The fourth-order valence-electron chi connectivity index (χ4n) is 4.07. The number of alkyl halides is 3. The molecule has 0 N–H and O–H groups in total. The summed E-state index contributed by atoms with van der Waals surface area (Å²) in [5.41, 5.74) is 0.197. The van der Waals surface area contributed by atoms with Crippen molar-refractivity contribution in [2.24, 2.45) is 0 Å². The summed E-state index contributed by atoms with van der Waals surface area (Å²) < 4.78 is 47.5. The summed E-state index contributed by atoms with van der Waals surface area (Å²) in [5, 5.41) is 7.75. The zero-order valence-electron chi connectivity index (χ0n) is 17.0. The van der Waals surface area contributed by atoms with Crippen molar-refractivity contribution in [3.05, 3.63) is 71.4 Å². The molecule has 1 aromatic carbocycles. The first-order valence-corrected chi connectivity index (χ1v) is 10.1. The van der Waals surface area contributed by atoms with E-state index >= 15 is 0 Å². The quantitative estimate of drug-likeness (QED) is 0.461. The highest BCUT2D eigenvalue weighted by molar-refractivity contribution is 6.00. The van der Waals surface area contributed by atoms with Gasteiger partial charge in [-0.1, -0.05) is 35.5 Å². The van der Waals surface area contributed by atoms with Crippen LogP contribution >= 0.6 is 0 Å². The van der Waals surface area contributed by atoms with Crippen LogP contribution in [-0.2, 0) is 6.18 Å². The predicted octanol–water partition coefficient (Wildman–Crippen LogP) is 4.69. The number of rotatable bonds is 3. The molecule has 10 heteroatoms. The summed E-state index contributed by atoms with van der Waals surface area (Å²) in [5.74, 6) is 0.112. The van der Waals surface area contributed by atoms with Gasteiger partial charge in [-0.2, -0.15) is 18.3 Å². The Labute approximate surface area is 180 Å². The first-order valence-electron chi connectivity index (χ1n) is 10.1. The number of benzene rings is 1. The molecule has 0 bridgehead atoms. The number of nitrogens with zero attached hydrogens (tertiary/aromatic N) is 5. The number of hydrogen-bond acceptors (Lipinski definition) is 5. The maximum absolute atomic E-state index is 13.8. The third-order valence-electron chi connectivity index (χ3n) is 5.55. The molecule has 0 unspecified atom stereocenters. The van der Waals surface area contributed by atoms with Crippen LogP contribution in [-0.4, -0.2) is 37.1 Å². The van der Waals surface area contributed by atoms with Crippen LogP contribution in [0.2, 0.25) is 0 Å². The molecule has 5 rings (SSSR count). The van der Waals surface area contributed by atoms with Crippen LogP contribution in [0.5, 0.6) is 0 Å². The summed E-state index contributed by atoms with van der Waals surface area (Å²) in [7, 11) is 0. The number of halogens is 3. The van der Waals surface area contributed by atoms with Crippen LogP contribution in [0.15, 0.2) is 53.2 Å². The highest BCUT2D eigenvalue weighted by atomic mass is 19.4. The van der Waals surface area contributed by atoms with Crippen molar-refractivity contribution < 1.29 is 22.5 Å². The van der Waals surface area contributed by atoms with Gasteiger partial charge in [-0.15, -0.1) is 0 Å². The molecule has 1 atom stereocenters. The smallest absolute Gasteiger partial charge is 0.359 e. The summed E-state index contributed by atoms with van der Waals surface area (Å²) in [4.78, 5) is 19.4. The Kier molecular flexibility index (Phi) is 4.72. The monoisotopic (exact) mass is 441 g/mol. The maximum atomic E-state index is 13.8. The number of aryl methyl sites for hydroxylation is 1. The van der Waals surface area contributed by atoms with Gasteiger partial charge in [0.15, 0.2) is 17.1 Å². The lowest BCUT2D eigenvalue weighted by Crippen LogP contribution is -2.30. The second-order valence-corrected chi connectivity index (χ2v) is 7.71. The third-order valence-corrected chi connectivity index (χ3v) is 5.55. The Morgan fingerprint density at radius 2 is 1.97 bits per heavy atom. The molecule has 32 heavy (non-hydrogen) atoms. The average Bonchev–Trinajstić information content (AvgIpc) is 3.51. The van der Waals surface area contributed by atoms with Gasteiger partial charge in [-0.05, 0) is 25.8 Å². The Bertz CT molecular complexity index is 1300. The van der Waals surface area contributed by atoms with E-state index in [9.17, 15) is 18.0 Å². The van der Waals surface area contributed by atoms with Gasteiger partial charge >= 0.3 is 6.18 Å². The van der Waals surface area contributed by atoms with Crippen LogP contribution in [0.4, 0.5) is 13.2 Å². The fraction of sp³-hybridized carbons (Fsp3) is 0.273. The van der Waals surface area contributed by atoms with E-state index in [0.717, 1.165) is 18.7 Å². The van der Waals surface area contributed by atoms with Crippen molar-refractivity contribution in [2.75, 3.05) is 6.54 Å². The molecular weight excluding hydrogens is 423 g/mol. The maximum Gasteiger partial charge on any atom is 0.433 e. The number of carbonyl (C=O) groups excluding carboxylic acids is 1. The number of carbonyl (C=O) groups is 1. The molecule has 1 fully saturated rings. The first-order chi connectivity index (χ1) is 15.3. The SMILES string of the molecule is Cc1cc([C@H]2CCCN2C(=O)c2cnn3c(C(F)(F)F)cc(-c4ccccc4)nc23)on1. The Balaban J connectivity index is 1.62. The molecule has 1 aliphatic heterocycles. The van der Waals surface area contributed by atoms with E-state index in [1.165, 1.54) is 0 Å². The molecule has 4 aromatic rings. The highest BCUT2D eigenvalue weighted by Crippen LogP contribution is 2.36. The minimum atomic E-state index is -4.68. The number of likely N-dealkylation sites (tertiary alicyclic amines) is 1. The van der Waals surface area contributed by atoms with Crippen molar-refractivity contribution in [1.82, 2.24) is 24.7 Å². The van der Waals surface area contributed by atoms with Crippen molar-refractivity contribution in [3.63, 3.8) is 0 Å². The fourth-order valence-corrected chi connectivity index (χ4v) is 4.07. The standard InChI is InChI=1S/C22H18F3N5O2/c1-13-10-18(32-28-13)17-8-5-9-29(17)21(31)15-12-26-30-19(22(23,24)25)11-16(27-20(15)30)14-6-3-2-4-7-14/h2-4,6-7,10-12,17H,5,8-9H2,1H3/t17-/m1/s1. The minimum Gasteiger partial charge on any atom is -0.359 e. The summed E-state index contributed by atoms with van der Waals surface area (Å²) in [6, 6.07) is 10.9. The number of aromatic nitrogens is 4. The lowest BCUT2D eigenvalue weighted by Gasteiger charge is -2.22. The molecule has 4 heterocycles. The summed E-state index contributed by atoms with van der Waals surface area (Å²) in [6.45, 7) is 2.23. The largest absolute Gasteiger partial charge is 0.433 e. The van der Waals surface area contributed by atoms with E-state index in [0.29, 0.717) is 34.5 Å². The Morgan fingerprint density at radius 3 is 2.66 bits per heavy atom. The van der Waals surface area contributed by atoms with E-state index < -0.39 is 17.8 Å². The molecule has 0 radical (unpaired) electrons. The minimum absolute atomic E-state index is 0.0106. The van der Waals surface area contributed by atoms with Crippen LogP contribution in [0.1, 0.15) is 46.4 Å². The topological polar surface area (TPSA) is 76.5 Å². The van der Waals surface area contributed by atoms with Gasteiger partial charge in [-0.3, -0.25) is 4.79 Å². The van der Waals surface area contributed by atoms with Crippen LogP contribution in [0.3, 0.4) is 0 Å². The molecule has 0 spiro atoms. The Morgan fingerprint density at radius 1 is 1.19 bits per heavy atom. The first kappa shape index (κ1) is 20.2. The van der Waals surface area contributed by atoms with Crippen LogP contribution < -0.4 is 0 Å². The molecule has 3 aromatic heterocycles. The lowest BCUT2D eigenvalue weighted by atomic mass is 10.1. The summed E-state index contributed by atoms with van der Waals surface area (Å²) in [6.07, 6.45) is -2.11. The molecular formula is C22H18F3N5O2. The molecule has 0 aliphatic carbocycles. The number of amides is 1. The van der Waals surface area contributed by atoms with Gasteiger partial charge in [-0.25, -0.2) is 9.50 Å². The molecule has 7 nitrogen and oxygen atoms in total. The van der Waals surface area contributed by atoms with E-state index in [1.54, 1.807) is 48.2 Å². The Hall–Kier alpha value is -3.69. The zero-order chi connectivity index (χ0) is 22.5. The second kappa shape index (κ2) is 7.47. The van der Waals surface area contributed by atoms with Gasteiger partial charge in [0.2, 0.25) is 0 Å². The molecule has 1 saturated heterocycles. The van der Waals surface area contributed by atoms with Gasteiger partial charge in [0.05, 0.1) is 23.6 Å². The van der Waals surface area contributed by atoms with E-state index in [-0.39, 0.29) is 22.9 Å². The summed E-state index contributed by atoms with van der Waals surface area (Å²) >= 11 is 0. The van der Waals surface area contributed by atoms with Crippen LogP contribution in [0.25, 0.3) is 16.9 Å². The highest BCUT2D eigenvalue weighted by Gasteiger charge is 2.38. The van der Waals surface area contributed by atoms with Gasteiger partial charge in [0.1, 0.15) is 5.56 Å². The van der Waals surface area contributed by atoms with Crippen molar-refractivity contribution in [3.8, 4) is 11.3 Å². The molecule has 1 aliphatic rings. The van der Waals surface area contributed by atoms with Gasteiger partial charge in [0.25, 0.3) is 5.91 Å². The normalized spacial score (nSPS) is 16.8. The molecule has 1 amide bonds. The van der Waals surface area contributed by atoms with E-state index in [4.69, 9.17) is 4.52 Å². The van der Waals surface area contributed by atoms with Gasteiger partial charge < -0.3 is 9.42 Å². The molecule has 0 saturated carbocycles. The van der Waals surface area contributed by atoms with Gasteiger partial charge in [0, 0.05) is 18.2 Å². The number of hydrogen-bond donors (Lipinski definition) is 0. The number of fused-ring (bicyclic) bond motifs is 1. The van der Waals surface area contributed by atoms with Crippen LogP contribution in [0, 0.1) is 6.92 Å². The third kappa shape index (κ3) is 3.41. The lowest BCUT2D eigenvalue weighted by molar-refractivity contribution is -0.142. The van der Waals surface area contributed by atoms with Crippen molar-refractivity contribution in [1.29, 1.82) is 0 Å². The zero-order valence-corrected chi connectivity index (χ0v) is 17.0. The predicted molar refractivity (Wildman–Crippen MR) is 108 cm³/mol. The average molecular weight is 441 g/mol. The second-order valence-electron chi connectivity index (χ2n) is 7.71. The van der Waals surface area contributed by atoms with E-state index in [1.807, 2.05) is 0 Å². The van der Waals surface area contributed by atoms with Crippen molar-refractivity contribution in [2.45, 2.75) is 32.0 Å². The molecule has 164 valence electrons.